The SMILES string of the molecule is CCc1ccc(O)c(NS(=O)(=O)C(C)C(=O)OC)c1. The summed E-state index contributed by atoms with van der Waals surface area (Å²) in [4.78, 5) is 11.3. The number of hydrogen-bond acceptors (Lipinski definition) is 5. The fraction of sp³-hybridized carbons (Fsp3) is 0.417. The minimum atomic E-state index is -3.96. The lowest BCUT2D eigenvalue weighted by Crippen LogP contribution is -2.33. The lowest BCUT2D eigenvalue weighted by Gasteiger charge is -2.14. The molecule has 2 N–H and O–H groups in total. The van der Waals surface area contributed by atoms with E-state index >= 15 is 0 Å². The van der Waals surface area contributed by atoms with Crippen molar-refractivity contribution in [3.63, 3.8) is 0 Å². The van der Waals surface area contributed by atoms with Crippen LogP contribution in [-0.4, -0.2) is 31.9 Å². The van der Waals surface area contributed by atoms with Gasteiger partial charge in [-0.3, -0.25) is 9.52 Å². The average molecular weight is 287 g/mol. The number of carbonyl (C=O) groups is 1. The Morgan fingerprint density at radius 3 is 2.63 bits per heavy atom. The minimum Gasteiger partial charge on any atom is -0.506 e. The second-order valence-electron chi connectivity index (χ2n) is 4.02. The Morgan fingerprint density at radius 1 is 1.47 bits per heavy atom. The summed E-state index contributed by atoms with van der Waals surface area (Å²) in [5, 5.41) is 8.27. The first-order valence-corrected chi connectivity index (χ1v) is 7.27. The third-order valence-corrected chi connectivity index (χ3v) is 4.35. The standard InChI is InChI=1S/C12H17NO5S/c1-4-9-5-6-11(14)10(7-9)13-19(16,17)8(2)12(15)18-3/h5-8,13-14H,4H2,1-3H3. The van der Waals surface area contributed by atoms with E-state index in [1.165, 1.54) is 19.1 Å². The summed E-state index contributed by atoms with van der Waals surface area (Å²) in [5.41, 5.74) is 0.913. The minimum absolute atomic E-state index is 0.0510. The highest BCUT2D eigenvalue weighted by atomic mass is 32.2. The molecule has 0 aliphatic rings. The van der Waals surface area contributed by atoms with E-state index in [9.17, 15) is 18.3 Å². The molecule has 7 heteroatoms. The molecule has 0 fully saturated rings. The number of carbonyl (C=O) groups excluding carboxylic acids is 1. The molecule has 1 aromatic rings. The van der Waals surface area contributed by atoms with E-state index in [4.69, 9.17) is 0 Å². The van der Waals surface area contributed by atoms with Crippen LogP contribution in [-0.2, 0) is 26.0 Å². The van der Waals surface area contributed by atoms with Crippen molar-refractivity contribution < 1.29 is 23.1 Å². The van der Waals surface area contributed by atoms with Crippen molar-refractivity contribution in [1.82, 2.24) is 0 Å². The highest BCUT2D eigenvalue weighted by molar-refractivity contribution is 7.94. The number of phenolic OH excluding ortho intramolecular Hbond substituents is 1. The zero-order valence-electron chi connectivity index (χ0n) is 11.0. The highest BCUT2D eigenvalue weighted by Crippen LogP contribution is 2.26. The van der Waals surface area contributed by atoms with E-state index in [0.717, 1.165) is 12.7 Å². The Morgan fingerprint density at radius 2 is 2.11 bits per heavy atom. The zero-order valence-corrected chi connectivity index (χ0v) is 11.8. The number of nitrogens with one attached hydrogen (secondary N) is 1. The summed E-state index contributed by atoms with van der Waals surface area (Å²) >= 11 is 0. The Labute approximate surface area is 112 Å². The first-order valence-electron chi connectivity index (χ1n) is 5.73. The Bertz CT molecular complexity index is 567. The number of benzene rings is 1. The first kappa shape index (κ1) is 15.3. The van der Waals surface area contributed by atoms with Crippen LogP contribution in [0.3, 0.4) is 0 Å². The van der Waals surface area contributed by atoms with Crippen LogP contribution in [0.2, 0.25) is 0 Å². The Hall–Kier alpha value is -1.76. The summed E-state index contributed by atoms with van der Waals surface area (Å²) < 4.78 is 30.4. The molecular weight excluding hydrogens is 270 g/mol. The first-order chi connectivity index (χ1) is 8.81. The molecule has 0 spiro atoms. The maximum absolute atomic E-state index is 11.9. The van der Waals surface area contributed by atoms with Crippen molar-refractivity contribution in [2.24, 2.45) is 0 Å². The molecule has 1 aromatic carbocycles. The molecule has 0 amide bonds. The molecule has 19 heavy (non-hydrogen) atoms. The topological polar surface area (TPSA) is 92.7 Å². The number of esters is 1. The number of methoxy groups -OCH3 is 1. The Kier molecular flexibility index (Phi) is 4.77. The molecule has 0 heterocycles. The number of ether oxygens (including phenoxy) is 1. The second-order valence-corrected chi connectivity index (χ2v) is 6.02. The number of hydrogen-bond donors (Lipinski definition) is 2. The third-order valence-electron chi connectivity index (χ3n) is 2.72. The molecule has 0 aromatic heterocycles. The molecule has 1 atom stereocenters. The van der Waals surface area contributed by atoms with Crippen molar-refractivity contribution >= 4 is 21.7 Å². The number of rotatable bonds is 5. The van der Waals surface area contributed by atoms with Crippen molar-refractivity contribution in [3.05, 3.63) is 23.8 Å². The lowest BCUT2D eigenvalue weighted by molar-refractivity contribution is -0.139. The molecule has 1 rings (SSSR count). The van der Waals surface area contributed by atoms with Gasteiger partial charge in [-0.25, -0.2) is 8.42 Å². The summed E-state index contributed by atoms with van der Waals surface area (Å²) in [6, 6.07) is 4.62. The average Bonchev–Trinajstić information content (AvgIpc) is 2.39. The van der Waals surface area contributed by atoms with Gasteiger partial charge in [0.15, 0.2) is 5.25 Å². The molecule has 0 saturated carbocycles. The fourth-order valence-corrected chi connectivity index (χ4v) is 2.42. The molecule has 0 aliphatic carbocycles. The number of anilines is 1. The number of phenols is 1. The van der Waals surface area contributed by atoms with Crippen LogP contribution in [0.25, 0.3) is 0 Å². The van der Waals surface area contributed by atoms with Crippen molar-refractivity contribution in [2.45, 2.75) is 25.5 Å². The number of sulfonamides is 1. The van der Waals surface area contributed by atoms with E-state index in [1.807, 2.05) is 6.92 Å². The van der Waals surface area contributed by atoms with E-state index in [1.54, 1.807) is 6.07 Å². The van der Waals surface area contributed by atoms with Gasteiger partial charge in [-0.2, -0.15) is 0 Å². The fourth-order valence-electron chi connectivity index (χ4n) is 1.42. The van der Waals surface area contributed by atoms with Crippen LogP contribution in [0, 0.1) is 0 Å². The molecule has 0 bridgehead atoms. The second kappa shape index (κ2) is 5.92. The summed E-state index contributed by atoms with van der Waals surface area (Å²) in [6.07, 6.45) is 0.696. The molecule has 0 aliphatic heterocycles. The lowest BCUT2D eigenvalue weighted by atomic mass is 10.1. The smallest absolute Gasteiger partial charge is 0.325 e. The zero-order chi connectivity index (χ0) is 14.6. The van der Waals surface area contributed by atoms with Gasteiger partial charge in [0.1, 0.15) is 5.75 Å². The maximum atomic E-state index is 11.9. The van der Waals surface area contributed by atoms with Crippen molar-refractivity contribution in [1.29, 1.82) is 0 Å². The van der Waals surface area contributed by atoms with Gasteiger partial charge in [0, 0.05) is 0 Å². The number of aromatic hydroxyl groups is 1. The molecule has 0 radical (unpaired) electrons. The van der Waals surface area contributed by atoms with E-state index in [-0.39, 0.29) is 11.4 Å². The molecule has 6 nitrogen and oxygen atoms in total. The van der Waals surface area contributed by atoms with Gasteiger partial charge in [0.2, 0.25) is 10.0 Å². The summed E-state index contributed by atoms with van der Waals surface area (Å²) in [7, 11) is -2.84. The normalized spacial score (nSPS) is 12.8. The van der Waals surface area contributed by atoms with E-state index in [2.05, 4.69) is 9.46 Å². The maximum Gasteiger partial charge on any atom is 0.325 e. The van der Waals surface area contributed by atoms with Crippen LogP contribution in [0.5, 0.6) is 5.75 Å². The van der Waals surface area contributed by atoms with E-state index < -0.39 is 21.2 Å². The van der Waals surface area contributed by atoms with Gasteiger partial charge in [0.05, 0.1) is 12.8 Å². The highest BCUT2D eigenvalue weighted by Gasteiger charge is 2.29. The largest absolute Gasteiger partial charge is 0.506 e. The van der Waals surface area contributed by atoms with Crippen LogP contribution >= 0.6 is 0 Å². The molecule has 0 saturated heterocycles. The quantitative estimate of drug-likeness (QED) is 0.628. The van der Waals surface area contributed by atoms with Gasteiger partial charge in [-0.05, 0) is 31.0 Å². The monoisotopic (exact) mass is 287 g/mol. The van der Waals surface area contributed by atoms with Gasteiger partial charge >= 0.3 is 5.97 Å². The van der Waals surface area contributed by atoms with Gasteiger partial charge in [-0.1, -0.05) is 13.0 Å². The van der Waals surface area contributed by atoms with Crippen LogP contribution < -0.4 is 4.72 Å². The van der Waals surface area contributed by atoms with Gasteiger partial charge in [-0.15, -0.1) is 0 Å². The van der Waals surface area contributed by atoms with Gasteiger partial charge < -0.3 is 9.84 Å². The third kappa shape index (κ3) is 3.60. The molecule has 1 unspecified atom stereocenters. The van der Waals surface area contributed by atoms with Gasteiger partial charge in [0.25, 0.3) is 0 Å². The predicted molar refractivity (Wildman–Crippen MR) is 71.5 cm³/mol. The van der Waals surface area contributed by atoms with Crippen molar-refractivity contribution in [3.8, 4) is 5.75 Å². The number of aryl methyl sites for hydroxylation is 1. The van der Waals surface area contributed by atoms with Crippen LogP contribution in [0.1, 0.15) is 19.4 Å². The van der Waals surface area contributed by atoms with E-state index in [0.29, 0.717) is 6.42 Å². The Balaban J connectivity index is 3.04. The predicted octanol–water partition coefficient (Wildman–Crippen LogP) is 1.26. The summed E-state index contributed by atoms with van der Waals surface area (Å²) in [6.45, 7) is 3.12. The van der Waals surface area contributed by atoms with Crippen molar-refractivity contribution in [2.75, 3.05) is 11.8 Å². The molecule has 106 valence electrons. The van der Waals surface area contributed by atoms with Crippen LogP contribution in [0.4, 0.5) is 5.69 Å². The van der Waals surface area contributed by atoms with Crippen LogP contribution in [0.15, 0.2) is 18.2 Å². The summed E-state index contributed by atoms with van der Waals surface area (Å²) in [5.74, 6) is -1.06. The molecular formula is C12H17NO5S.